The Morgan fingerprint density at radius 2 is 1.76 bits per heavy atom. The number of benzene rings is 2. The lowest BCUT2D eigenvalue weighted by Crippen LogP contribution is -2.23. The Bertz CT molecular complexity index is 1050. The summed E-state index contributed by atoms with van der Waals surface area (Å²) in [5.74, 6) is -1.77. The van der Waals surface area contributed by atoms with E-state index in [1.54, 1.807) is 30.3 Å². The first-order valence-electron chi connectivity index (χ1n) is 7.61. The Morgan fingerprint density at radius 3 is 2.31 bits per heavy atom. The Hall–Kier alpha value is -2.80. The van der Waals surface area contributed by atoms with Gasteiger partial charge in [-0.15, -0.1) is 0 Å². The van der Waals surface area contributed by atoms with Crippen LogP contribution in [0.1, 0.15) is 5.56 Å². The number of esters is 1. The predicted octanol–water partition coefficient (Wildman–Crippen LogP) is 2.74. The van der Waals surface area contributed by atoms with E-state index in [4.69, 9.17) is 4.74 Å². The standard InChI is InChI=1S/C16H12F3NO7S2/c17-16(18,19)29(25,26)12-6-7-14(13(8-12)20(22)23)28(24)10-15(21)27-9-11-4-2-1-3-5-11/h1-8H,9-10H2/t28-/m1/s1. The second-order valence-corrected chi connectivity index (χ2v) is 8.83. The van der Waals surface area contributed by atoms with Crippen molar-refractivity contribution in [3.05, 3.63) is 64.2 Å². The van der Waals surface area contributed by atoms with E-state index < -0.39 is 58.3 Å². The normalized spacial score (nSPS) is 12.9. The van der Waals surface area contributed by atoms with Crippen LogP contribution in [0.5, 0.6) is 0 Å². The number of ether oxygens (including phenoxy) is 1. The second kappa shape index (κ2) is 8.69. The summed E-state index contributed by atoms with van der Waals surface area (Å²) >= 11 is 0. The SMILES string of the molecule is O=C(C[S@@](=O)c1ccc(S(=O)(=O)C(F)(F)F)cc1[N+](=O)[O-])OCc1ccccc1. The Morgan fingerprint density at radius 1 is 1.14 bits per heavy atom. The van der Waals surface area contributed by atoms with Crippen LogP contribution in [0.2, 0.25) is 0 Å². The molecule has 0 heterocycles. The highest BCUT2D eigenvalue weighted by molar-refractivity contribution is 7.92. The van der Waals surface area contributed by atoms with Gasteiger partial charge < -0.3 is 4.74 Å². The monoisotopic (exact) mass is 451 g/mol. The number of nitrogens with zero attached hydrogens (tertiary/aromatic N) is 1. The highest BCUT2D eigenvalue weighted by Gasteiger charge is 2.47. The van der Waals surface area contributed by atoms with Gasteiger partial charge in [-0.1, -0.05) is 30.3 Å². The summed E-state index contributed by atoms with van der Waals surface area (Å²) in [6, 6.07) is 9.66. The molecule has 0 fully saturated rings. The van der Waals surface area contributed by atoms with Gasteiger partial charge in [0.05, 0.1) is 20.6 Å². The summed E-state index contributed by atoms with van der Waals surface area (Å²) in [5.41, 5.74) is -6.15. The summed E-state index contributed by atoms with van der Waals surface area (Å²) in [5, 5.41) is 11.1. The van der Waals surface area contributed by atoms with Crippen molar-refractivity contribution in [3.8, 4) is 0 Å². The number of hydrogen-bond acceptors (Lipinski definition) is 7. The van der Waals surface area contributed by atoms with Gasteiger partial charge in [-0.2, -0.15) is 13.2 Å². The van der Waals surface area contributed by atoms with Crippen LogP contribution in [0.4, 0.5) is 18.9 Å². The van der Waals surface area contributed by atoms with Crippen LogP contribution in [0.3, 0.4) is 0 Å². The Labute approximate surface area is 164 Å². The number of sulfone groups is 1. The van der Waals surface area contributed by atoms with Gasteiger partial charge in [0.15, 0.2) is 0 Å². The van der Waals surface area contributed by atoms with Crippen molar-refractivity contribution in [3.63, 3.8) is 0 Å². The maximum absolute atomic E-state index is 12.6. The van der Waals surface area contributed by atoms with E-state index in [1.165, 1.54) is 0 Å². The van der Waals surface area contributed by atoms with E-state index in [1.807, 2.05) is 0 Å². The van der Waals surface area contributed by atoms with Crippen LogP contribution in [0.25, 0.3) is 0 Å². The molecule has 0 aromatic heterocycles. The third-order valence-electron chi connectivity index (χ3n) is 3.48. The van der Waals surface area contributed by atoms with Crippen molar-refractivity contribution in [2.45, 2.75) is 21.9 Å². The molecule has 2 aromatic rings. The van der Waals surface area contributed by atoms with Crippen LogP contribution in [-0.4, -0.2) is 34.8 Å². The smallest absolute Gasteiger partial charge is 0.460 e. The van der Waals surface area contributed by atoms with Gasteiger partial charge >= 0.3 is 11.5 Å². The number of carbonyl (C=O) groups is 1. The van der Waals surface area contributed by atoms with Crippen molar-refractivity contribution < 1.29 is 40.3 Å². The van der Waals surface area contributed by atoms with Crippen molar-refractivity contribution in [1.29, 1.82) is 0 Å². The number of nitro benzene ring substituents is 1. The molecule has 0 unspecified atom stereocenters. The minimum atomic E-state index is -5.83. The van der Waals surface area contributed by atoms with Gasteiger partial charge in [0.25, 0.3) is 15.5 Å². The molecule has 0 amide bonds. The molecule has 0 spiro atoms. The molecule has 0 saturated heterocycles. The molecule has 156 valence electrons. The molecule has 2 aromatic carbocycles. The minimum Gasteiger partial charge on any atom is -0.460 e. The number of halogens is 3. The molecular formula is C16H12F3NO7S2. The van der Waals surface area contributed by atoms with E-state index in [9.17, 15) is 40.7 Å². The Kier molecular flexibility index (Phi) is 6.74. The number of alkyl halides is 3. The van der Waals surface area contributed by atoms with Crippen molar-refractivity contribution in [2.75, 3.05) is 5.75 Å². The fourth-order valence-corrected chi connectivity index (χ4v) is 3.92. The molecule has 0 saturated carbocycles. The zero-order chi connectivity index (χ0) is 21.8. The molecule has 29 heavy (non-hydrogen) atoms. The summed E-state index contributed by atoms with van der Waals surface area (Å²) < 4.78 is 77.9. The number of rotatable bonds is 7. The molecular weight excluding hydrogens is 439 g/mol. The molecule has 0 aliphatic carbocycles. The first-order chi connectivity index (χ1) is 13.4. The maximum atomic E-state index is 12.6. The van der Waals surface area contributed by atoms with Gasteiger partial charge in [-0.25, -0.2) is 8.42 Å². The lowest BCUT2D eigenvalue weighted by Gasteiger charge is -2.09. The van der Waals surface area contributed by atoms with Crippen LogP contribution < -0.4 is 0 Å². The minimum absolute atomic E-state index is 0.137. The zero-order valence-electron chi connectivity index (χ0n) is 14.3. The van der Waals surface area contributed by atoms with Crippen molar-refractivity contribution in [2.24, 2.45) is 0 Å². The van der Waals surface area contributed by atoms with E-state index in [0.29, 0.717) is 17.7 Å². The van der Waals surface area contributed by atoms with Crippen LogP contribution >= 0.6 is 0 Å². The number of nitro groups is 1. The van der Waals surface area contributed by atoms with Gasteiger partial charge in [0.2, 0.25) is 0 Å². The van der Waals surface area contributed by atoms with Gasteiger partial charge in [0.1, 0.15) is 17.3 Å². The molecule has 0 aliphatic rings. The second-order valence-electron chi connectivity index (χ2n) is 5.47. The number of hydrogen-bond donors (Lipinski definition) is 0. The summed E-state index contributed by atoms with van der Waals surface area (Å²) in [6.07, 6.45) is 0. The Balaban J connectivity index is 2.21. The van der Waals surface area contributed by atoms with E-state index in [0.717, 1.165) is 0 Å². The summed E-state index contributed by atoms with van der Waals surface area (Å²) in [7, 11) is -8.18. The molecule has 8 nitrogen and oxygen atoms in total. The maximum Gasteiger partial charge on any atom is 0.501 e. The largest absolute Gasteiger partial charge is 0.501 e. The summed E-state index contributed by atoms with van der Waals surface area (Å²) in [6.45, 7) is -0.137. The van der Waals surface area contributed by atoms with E-state index in [2.05, 4.69) is 0 Å². The van der Waals surface area contributed by atoms with Crippen molar-refractivity contribution in [1.82, 2.24) is 0 Å². The molecule has 2 rings (SSSR count). The lowest BCUT2D eigenvalue weighted by molar-refractivity contribution is -0.388. The molecule has 0 radical (unpaired) electrons. The van der Waals surface area contributed by atoms with Crippen LogP contribution in [0, 0.1) is 10.1 Å². The third kappa shape index (κ3) is 5.38. The first-order valence-corrected chi connectivity index (χ1v) is 10.4. The number of carbonyl (C=O) groups excluding carboxylic acids is 1. The zero-order valence-corrected chi connectivity index (χ0v) is 15.9. The first kappa shape index (κ1) is 22.5. The van der Waals surface area contributed by atoms with Crippen LogP contribution in [0.15, 0.2) is 58.3 Å². The van der Waals surface area contributed by atoms with Gasteiger partial charge in [0, 0.05) is 6.07 Å². The van der Waals surface area contributed by atoms with Gasteiger partial charge in [-0.05, 0) is 17.7 Å². The highest BCUT2D eigenvalue weighted by Crippen LogP contribution is 2.34. The summed E-state index contributed by atoms with van der Waals surface area (Å²) in [4.78, 5) is 19.8. The third-order valence-corrected chi connectivity index (χ3v) is 6.30. The molecule has 13 heteroatoms. The lowest BCUT2D eigenvalue weighted by atomic mass is 10.2. The molecule has 0 bridgehead atoms. The highest BCUT2D eigenvalue weighted by atomic mass is 32.2. The molecule has 1 atom stereocenters. The molecule has 0 aliphatic heterocycles. The van der Waals surface area contributed by atoms with Crippen LogP contribution in [-0.2, 0) is 36.8 Å². The van der Waals surface area contributed by atoms with Crippen molar-refractivity contribution >= 4 is 32.3 Å². The van der Waals surface area contributed by atoms with E-state index >= 15 is 0 Å². The van der Waals surface area contributed by atoms with Gasteiger partial charge in [-0.3, -0.25) is 19.1 Å². The average Bonchev–Trinajstić information content (AvgIpc) is 2.65. The molecule has 0 N–H and O–H groups in total. The topological polar surface area (TPSA) is 121 Å². The van der Waals surface area contributed by atoms with E-state index in [-0.39, 0.29) is 12.7 Å². The fourth-order valence-electron chi connectivity index (χ4n) is 2.10. The fraction of sp³-hybridized carbons (Fsp3) is 0.188. The average molecular weight is 451 g/mol. The quantitative estimate of drug-likeness (QED) is 0.361. The predicted molar refractivity (Wildman–Crippen MR) is 93.9 cm³/mol.